The van der Waals surface area contributed by atoms with Crippen LogP contribution in [0.3, 0.4) is 0 Å². The van der Waals surface area contributed by atoms with E-state index in [4.69, 9.17) is 10.5 Å². The van der Waals surface area contributed by atoms with E-state index in [2.05, 4.69) is 36.2 Å². The van der Waals surface area contributed by atoms with Crippen molar-refractivity contribution in [2.75, 3.05) is 7.11 Å². The molecule has 1 atom stereocenters. The largest absolute Gasteiger partial charge is 0.497 e. The molecule has 0 fully saturated rings. The highest BCUT2D eigenvalue weighted by atomic mass is 32.1. The Hall–Kier alpha value is -1.91. The number of nitrogens with zero attached hydrogens (tertiary/aromatic N) is 1. The number of nitrogens with two attached hydrogens (primary N) is 1. The van der Waals surface area contributed by atoms with Gasteiger partial charge >= 0.3 is 0 Å². The normalized spacial score (nSPS) is 11.0. The second kappa shape index (κ2) is 10.9. The minimum absolute atomic E-state index is 0.0739. The fourth-order valence-electron chi connectivity index (χ4n) is 2.39. The fraction of sp³-hybridized carbons (Fsp3) is 0.381. The zero-order valence-corrected chi connectivity index (χ0v) is 17.0. The molecule has 1 unspecified atom stereocenters. The van der Waals surface area contributed by atoms with Crippen LogP contribution in [0.2, 0.25) is 0 Å². The molecule has 0 aliphatic rings. The Morgan fingerprint density at radius 3 is 2.44 bits per heavy atom. The molecule has 0 aliphatic heterocycles. The van der Waals surface area contributed by atoms with Crippen molar-refractivity contribution < 1.29 is 4.74 Å². The summed E-state index contributed by atoms with van der Waals surface area (Å²) in [6.45, 7) is 10.1. The molecule has 3 nitrogen and oxygen atoms in total. The van der Waals surface area contributed by atoms with Crippen LogP contribution < -0.4 is 10.5 Å². The maximum absolute atomic E-state index is 6.33. The Morgan fingerprint density at radius 1 is 1.08 bits per heavy atom. The molecule has 1 heterocycles. The number of rotatable bonds is 4. The molecule has 3 rings (SSSR count). The molecule has 25 heavy (non-hydrogen) atoms. The number of aromatic nitrogens is 1. The van der Waals surface area contributed by atoms with E-state index >= 15 is 0 Å². The number of thiazole rings is 1. The third-order valence-corrected chi connectivity index (χ3v) is 4.62. The molecule has 0 saturated heterocycles. The first-order valence-electron chi connectivity index (χ1n) is 8.91. The monoisotopic (exact) mass is 358 g/mol. The average molecular weight is 359 g/mol. The van der Waals surface area contributed by atoms with Gasteiger partial charge in [-0.2, -0.15) is 0 Å². The molecule has 136 valence electrons. The van der Waals surface area contributed by atoms with Crippen molar-refractivity contribution in [3.8, 4) is 5.75 Å². The summed E-state index contributed by atoms with van der Waals surface area (Å²) in [5.74, 6) is 0.852. The summed E-state index contributed by atoms with van der Waals surface area (Å²) in [7, 11) is 1.67. The van der Waals surface area contributed by atoms with Crippen LogP contribution in [-0.2, 0) is 6.42 Å². The first kappa shape index (κ1) is 21.1. The van der Waals surface area contributed by atoms with Gasteiger partial charge < -0.3 is 10.5 Å². The van der Waals surface area contributed by atoms with Crippen LogP contribution >= 0.6 is 11.3 Å². The van der Waals surface area contributed by atoms with Gasteiger partial charge in [-0.05, 0) is 37.1 Å². The van der Waals surface area contributed by atoms with Crippen molar-refractivity contribution in [1.29, 1.82) is 0 Å². The Labute approximate surface area is 155 Å². The molecule has 2 aromatic carbocycles. The standard InChI is InChI=1S/C17H18N2OS.2C2H6/c1-11-4-3-5-12(8-11)9-14(18)17-19-15-7-6-13(20-2)10-16(15)21-17;2*1-2/h3-8,10,14H,9,18H2,1-2H3;2*1-2H3. The molecular formula is C21H30N2OS. The van der Waals surface area contributed by atoms with E-state index in [0.29, 0.717) is 0 Å². The van der Waals surface area contributed by atoms with Crippen LogP contribution in [0.25, 0.3) is 10.2 Å². The van der Waals surface area contributed by atoms with E-state index in [1.54, 1.807) is 18.4 Å². The average Bonchev–Trinajstić information content (AvgIpc) is 3.08. The second-order valence-electron chi connectivity index (χ2n) is 5.19. The Balaban J connectivity index is 0.000000730. The molecule has 0 spiro atoms. The number of benzene rings is 2. The van der Waals surface area contributed by atoms with E-state index in [0.717, 1.165) is 27.4 Å². The first-order chi connectivity index (χ1) is 12.2. The lowest BCUT2D eigenvalue weighted by Gasteiger charge is -2.08. The molecule has 2 N–H and O–H groups in total. The number of hydrogen-bond donors (Lipinski definition) is 1. The van der Waals surface area contributed by atoms with Crippen molar-refractivity contribution in [1.82, 2.24) is 4.98 Å². The third kappa shape index (κ3) is 5.83. The van der Waals surface area contributed by atoms with E-state index in [9.17, 15) is 0 Å². The Bertz CT molecular complexity index is 767. The molecule has 1 aromatic heterocycles. The molecule has 0 radical (unpaired) electrons. The smallest absolute Gasteiger partial charge is 0.120 e. The molecule has 0 aliphatic carbocycles. The maximum atomic E-state index is 6.33. The summed E-state index contributed by atoms with van der Waals surface area (Å²) in [4.78, 5) is 4.64. The lowest BCUT2D eigenvalue weighted by atomic mass is 10.0. The second-order valence-corrected chi connectivity index (χ2v) is 6.25. The van der Waals surface area contributed by atoms with E-state index < -0.39 is 0 Å². The summed E-state index contributed by atoms with van der Waals surface area (Å²) in [6, 6.07) is 14.3. The van der Waals surface area contributed by atoms with Gasteiger partial charge in [0.25, 0.3) is 0 Å². The molecule has 4 heteroatoms. The molecule has 0 amide bonds. The summed E-state index contributed by atoms with van der Waals surface area (Å²) in [5, 5.41) is 0.972. The van der Waals surface area contributed by atoms with Gasteiger partial charge in [-0.1, -0.05) is 57.5 Å². The molecular weight excluding hydrogens is 328 g/mol. The van der Waals surface area contributed by atoms with E-state index in [1.807, 2.05) is 45.9 Å². The summed E-state index contributed by atoms with van der Waals surface area (Å²) < 4.78 is 6.36. The number of aryl methyl sites for hydroxylation is 1. The number of hydrogen-bond acceptors (Lipinski definition) is 4. The highest BCUT2D eigenvalue weighted by molar-refractivity contribution is 7.18. The number of fused-ring (bicyclic) bond motifs is 1. The minimum Gasteiger partial charge on any atom is -0.497 e. The zero-order chi connectivity index (χ0) is 18.8. The fourth-order valence-corrected chi connectivity index (χ4v) is 3.39. The van der Waals surface area contributed by atoms with Crippen LogP contribution in [0.4, 0.5) is 0 Å². The van der Waals surface area contributed by atoms with Crippen LogP contribution in [0, 0.1) is 6.92 Å². The number of ether oxygens (including phenoxy) is 1. The first-order valence-corrected chi connectivity index (χ1v) is 9.73. The van der Waals surface area contributed by atoms with Gasteiger partial charge in [0.2, 0.25) is 0 Å². The van der Waals surface area contributed by atoms with Gasteiger partial charge in [-0.3, -0.25) is 0 Å². The predicted octanol–water partition coefficient (Wildman–Crippen LogP) is 5.91. The van der Waals surface area contributed by atoms with Crippen LogP contribution in [-0.4, -0.2) is 12.1 Å². The van der Waals surface area contributed by atoms with Crippen molar-refractivity contribution in [2.24, 2.45) is 5.73 Å². The topological polar surface area (TPSA) is 48.1 Å². The summed E-state index contributed by atoms with van der Waals surface area (Å²) in [6.07, 6.45) is 0.804. The highest BCUT2D eigenvalue weighted by Crippen LogP contribution is 2.29. The Kier molecular flexibility index (Phi) is 9.17. The highest BCUT2D eigenvalue weighted by Gasteiger charge is 2.13. The van der Waals surface area contributed by atoms with Gasteiger partial charge in [-0.25, -0.2) is 4.98 Å². The predicted molar refractivity (Wildman–Crippen MR) is 111 cm³/mol. The van der Waals surface area contributed by atoms with Crippen LogP contribution in [0.1, 0.15) is 49.9 Å². The van der Waals surface area contributed by atoms with Crippen molar-refractivity contribution >= 4 is 21.6 Å². The van der Waals surface area contributed by atoms with Gasteiger partial charge in [0, 0.05) is 0 Å². The van der Waals surface area contributed by atoms with Crippen LogP contribution in [0.5, 0.6) is 5.75 Å². The summed E-state index contributed by atoms with van der Waals surface area (Å²) >= 11 is 1.64. The SMILES string of the molecule is CC.CC.COc1ccc2nc(C(N)Cc3cccc(C)c3)sc2c1. The van der Waals surface area contributed by atoms with Crippen molar-refractivity contribution in [2.45, 2.75) is 47.1 Å². The maximum Gasteiger partial charge on any atom is 0.120 e. The van der Waals surface area contributed by atoms with Crippen LogP contribution in [0.15, 0.2) is 42.5 Å². The molecule has 0 bridgehead atoms. The summed E-state index contributed by atoms with van der Waals surface area (Å²) in [5.41, 5.74) is 9.82. The van der Waals surface area contributed by atoms with Gasteiger partial charge in [-0.15, -0.1) is 11.3 Å². The van der Waals surface area contributed by atoms with E-state index in [1.165, 1.54) is 11.1 Å². The Morgan fingerprint density at radius 2 is 1.80 bits per heavy atom. The number of methoxy groups -OCH3 is 1. The van der Waals surface area contributed by atoms with E-state index in [-0.39, 0.29) is 6.04 Å². The van der Waals surface area contributed by atoms with Gasteiger partial charge in [0.1, 0.15) is 10.8 Å². The third-order valence-electron chi connectivity index (χ3n) is 3.47. The van der Waals surface area contributed by atoms with Crippen molar-refractivity contribution in [3.05, 3.63) is 58.6 Å². The molecule has 0 saturated carbocycles. The quantitative estimate of drug-likeness (QED) is 0.631. The minimum atomic E-state index is -0.0739. The van der Waals surface area contributed by atoms with Gasteiger partial charge in [0.15, 0.2) is 0 Å². The van der Waals surface area contributed by atoms with Crippen molar-refractivity contribution in [3.63, 3.8) is 0 Å². The zero-order valence-electron chi connectivity index (χ0n) is 16.2. The lowest BCUT2D eigenvalue weighted by Crippen LogP contribution is -2.12. The molecule has 3 aromatic rings. The van der Waals surface area contributed by atoms with Gasteiger partial charge in [0.05, 0.1) is 23.4 Å². The lowest BCUT2D eigenvalue weighted by molar-refractivity contribution is 0.415.